The molecule has 0 atom stereocenters. The van der Waals surface area contributed by atoms with Crippen LogP contribution in [0.15, 0.2) is 36.5 Å². The van der Waals surface area contributed by atoms with Crippen molar-refractivity contribution in [2.24, 2.45) is 0 Å². The number of anilines is 1. The summed E-state index contributed by atoms with van der Waals surface area (Å²) in [6.07, 6.45) is 2.63. The molecule has 0 unspecified atom stereocenters. The Labute approximate surface area is 125 Å². The summed E-state index contributed by atoms with van der Waals surface area (Å²) in [6, 6.07) is 10.1. The van der Waals surface area contributed by atoms with Crippen LogP contribution < -0.4 is 10.6 Å². The van der Waals surface area contributed by atoms with Gasteiger partial charge >= 0.3 is 0 Å². The molecule has 4 nitrogen and oxygen atoms in total. The Morgan fingerprint density at radius 2 is 1.86 bits per heavy atom. The Bertz CT molecular complexity index is 620. The van der Waals surface area contributed by atoms with Crippen LogP contribution in [0.4, 0.5) is 5.69 Å². The SMILES string of the molecule is CCc1ccc(CNC(=O)c2cnc(C)cc2NC)cc1. The van der Waals surface area contributed by atoms with E-state index in [0.29, 0.717) is 12.1 Å². The van der Waals surface area contributed by atoms with Gasteiger partial charge < -0.3 is 10.6 Å². The number of rotatable bonds is 5. The molecule has 0 saturated heterocycles. The van der Waals surface area contributed by atoms with Crippen LogP contribution in [0.1, 0.15) is 34.1 Å². The molecule has 0 spiro atoms. The van der Waals surface area contributed by atoms with Gasteiger partial charge in [0, 0.05) is 25.5 Å². The van der Waals surface area contributed by atoms with E-state index in [0.717, 1.165) is 23.4 Å². The van der Waals surface area contributed by atoms with Gasteiger partial charge in [-0.2, -0.15) is 0 Å². The maximum absolute atomic E-state index is 12.2. The number of aromatic nitrogens is 1. The van der Waals surface area contributed by atoms with Gasteiger partial charge in [-0.1, -0.05) is 31.2 Å². The van der Waals surface area contributed by atoms with Crippen LogP contribution in [0.2, 0.25) is 0 Å². The lowest BCUT2D eigenvalue weighted by Gasteiger charge is -2.10. The number of hydrogen-bond donors (Lipinski definition) is 2. The number of nitrogens with zero attached hydrogens (tertiary/aromatic N) is 1. The molecule has 110 valence electrons. The van der Waals surface area contributed by atoms with Gasteiger partial charge in [0.2, 0.25) is 0 Å². The number of carbonyl (C=O) groups is 1. The summed E-state index contributed by atoms with van der Waals surface area (Å²) in [6.45, 7) is 4.54. The van der Waals surface area contributed by atoms with Crippen molar-refractivity contribution in [3.8, 4) is 0 Å². The van der Waals surface area contributed by atoms with Crippen LogP contribution >= 0.6 is 0 Å². The highest BCUT2D eigenvalue weighted by Crippen LogP contribution is 2.15. The molecule has 2 N–H and O–H groups in total. The quantitative estimate of drug-likeness (QED) is 0.887. The number of aryl methyl sites for hydroxylation is 2. The number of carbonyl (C=O) groups excluding carboxylic acids is 1. The van der Waals surface area contributed by atoms with Crippen molar-refractivity contribution in [2.45, 2.75) is 26.8 Å². The van der Waals surface area contributed by atoms with Crippen molar-refractivity contribution < 1.29 is 4.79 Å². The van der Waals surface area contributed by atoms with Crippen LogP contribution in [0.25, 0.3) is 0 Å². The van der Waals surface area contributed by atoms with E-state index in [4.69, 9.17) is 0 Å². The average Bonchev–Trinajstić information content (AvgIpc) is 2.52. The number of hydrogen-bond acceptors (Lipinski definition) is 3. The molecule has 0 aliphatic carbocycles. The fourth-order valence-electron chi connectivity index (χ4n) is 2.12. The maximum Gasteiger partial charge on any atom is 0.255 e. The first-order valence-electron chi connectivity index (χ1n) is 7.14. The summed E-state index contributed by atoms with van der Waals surface area (Å²) in [5.74, 6) is -0.119. The molecule has 21 heavy (non-hydrogen) atoms. The Balaban J connectivity index is 2.04. The number of pyridine rings is 1. The van der Waals surface area contributed by atoms with E-state index in [1.165, 1.54) is 5.56 Å². The van der Waals surface area contributed by atoms with Crippen molar-refractivity contribution in [2.75, 3.05) is 12.4 Å². The number of nitrogens with one attached hydrogen (secondary N) is 2. The predicted octanol–water partition coefficient (Wildman–Crippen LogP) is 2.92. The monoisotopic (exact) mass is 283 g/mol. The molecule has 0 bridgehead atoms. The highest BCUT2D eigenvalue weighted by atomic mass is 16.1. The van der Waals surface area contributed by atoms with Crippen LogP contribution in [0.5, 0.6) is 0 Å². The lowest BCUT2D eigenvalue weighted by Crippen LogP contribution is -2.24. The van der Waals surface area contributed by atoms with Gasteiger partial charge in [0.15, 0.2) is 0 Å². The van der Waals surface area contributed by atoms with E-state index in [1.54, 1.807) is 13.2 Å². The van der Waals surface area contributed by atoms with Crippen LogP contribution in [0, 0.1) is 6.92 Å². The zero-order chi connectivity index (χ0) is 15.2. The molecule has 1 heterocycles. The normalized spacial score (nSPS) is 10.2. The molecule has 0 saturated carbocycles. The fourth-order valence-corrected chi connectivity index (χ4v) is 2.12. The molecule has 4 heteroatoms. The Morgan fingerprint density at radius 1 is 1.19 bits per heavy atom. The van der Waals surface area contributed by atoms with E-state index in [-0.39, 0.29) is 5.91 Å². The predicted molar refractivity (Wildman–Crippen MR) is 85.5 cm³/mol. The highest BCUT2D eigenvalue weighted by molar-refractivity contribution is 5.99. The van der Waals surface area contributed by atoms with Gasteiger partial charge in [0.25, 0.3) is 5.91 Å². The van der Waals surface area contributed by atoms with Gasteiger partial charge in [0.1, 0.15) is 0 Å². The molecule has 2 rings (SSSR count). The third-order valence-corrected chi connectivity index (χ3v) is 3.44. The van der Waals surface area contributed by atoms with E-state index >= 15 is 0 Å². The van der Waals surface area contributed by atoms with Gasteiger partial charge in [0.05, 0.1) is 11.3 Å². The molecule has 2 aromatic rings. The molecular formula is C17H21N3O. The van der Waals surface area contributed by atoms with Crippen LogP contribution in [-0.4, -0.2) is 17.9 Å². The Hall–Kier alpha value is -2.36. The molecule has 0 aliphatic rings. The van der Waals surface area contributed by atoms with Crippen molar-refractivity contribution in [1.82, 2.24) is 10.3 Å². The molecule has 0 fully saturated rings. The first kappa shape index (κ1) is 15.0. The molecule has 1 aromatic carbocycles. The highest BCUT2D eigenvalue weighted by Gasteiger charge is 2.11. The minimum Gasteiger partial charge on any atom is -0.387 e. The third-order valence-electron chi connectivity index (χ3n) is 3.44. The van der Waals surface area contributed by atoms with Gasteiger partial charge in [-0.15, -0.1) is 0 Å². The zero-order valence-corrected chi connectivity index (χ0v) is 12.7. The van der Waals surface area contributed by atoms with Crippen molar-refractivity contribution >= 4 is 11.6 Å². The molecule has 0 aliphatic heterocycles. The summed E-state index contributed by atoms with van der Waals surface area (Å²) in [5.41, 5.74) is 4.62. The maximum atomic E-state index is 12.2. The van der Waals surface area contributed by atoms with Gasteiger partial charge in [-0.3, -0.25) is 9.78 Å². The lowest BCUT2D eigenvalue weighted by molar-refractivity contribution is 0.0951. The van der Waals surface area contributed by atoms with E-state index in [2.05, 4.69) is 34.7 Å². The number of benzene rings is 1. The standard InChI is InChI=1S/C17H21N3O/c1-4-13-5-7-14(8-6-13)10-20-17(21)15-11-19-12(2)9-16(15)18-3/h5-9,11H,4,10H2,1-3H3,(H,18,19)(H,20,21). The molecular weight excluding hydrogens is 262 g/mol. The second-order valence-corrected chi connectivity index (χ2v) is 4.97. The van der Waals surface area contributed by atoms with Crippen LogP contribution in [0.3, 0.4) is 0 Å². The summed E-state index contributed by atoms with van der Waals surface area (Å²) in [4.78, 5) is 16.4. The van der Waals surface area contributed by atoms with Crippen molar-refractivity contribution in [3.63, 3.8) is 0 Å². The first-order chi connectivity index (χ1) is 10.1. The van der Waals surface area contributed by atoms with Crippen LogP contribution in [-0.2, 0) is 13.0 Å². The molecule has 1 aromatic heterocycles. The van der Waals surface area contributed by atoms with E-state index in [9.17, 15) is 4.79 Å². The Morgan fingerprint density at radius 3 is 2.48 bits per heavy atom. The van der Waals surface area contributed by atoms with Crippen molar-refractivity contribution in [1.29, 1.82) is 0 Å². The largest absolute Gasteiger partial charge is 0.387 e. The molecule has 1 amide bonds. The summed E-state index contributed by atoms with van der Waals surface area (Å²) in [7, 11) is 1.80. The van der Waals surface area contributed by atoms with Gasteiger partial charge in [-0.25, -0.2) is 0 Å². The number of amides is 1. The smallest absolute Gasteiger partial charge is 0.255 e. The zero-order valence-electron chi connectivity index (χ0n) is 12.7. The van der Waals surface area contributed by atoms with Crippen molar-refractivity contribution in [3.05, 3.63) is 58.9 Å². The second kappa shape index (κ2) is 6.88. The second-order valence-electron chi connectivity index (χ2n) is 4.97. The summed E-state index contributed by atoms with van der Waals surface area (Å²) < 4.78 is 0. The third kappa shape index (κ3) is 3.81. The first-order valence-corrected chi connectivity index (χ1v) is 7.14. The topological polar surface area (TPSA) is 54.0 Å². The van der Waals surface area contributed by atoms with E-state index < -0.39 is 0 Å². The lowest BCUT2D eigenvalue weighted by atomic mass is 10.1. The Kier molecular flexibility index (Phi) is 4.93. The molecule has 0 radical (unpaired) electrons. The fraction of sp³-hybridized carbons (Fsp3) is 0.294. The summed E-state index contributed by atoms with van der Waals surface area (Å²) in [5, 5.41) is 5.96. The minimum atomic E-state index is -0.119. The van der Waals surface area contributed by atoms with Gasteiger partial charge in [-0.05, 0) is 30.5 Å². The summed E-state index contributed by atoms with van der Waals surface area (Å²) >= 11 is 0. The average molecular weight is 283 g/mol. The van der Waals surface area contributed by atoms with E-state index in [1.807, 2.05) is 25.1 Å². The minimum absolute atomic E-state index is 0.119.